The highest BCUT2D eigenvalue weighted by molar-refractivity contribution is 6.30. The highest BCUT2D eigenvalue weighted by Crippen LogP contribution is 2.33. The summed E-state index contributed by atoms with van der Waals surface area (Å²) in [6.45, 7) is 2.21. The quantitative estimate of drug-likeness (QED) is 0.664. The smallest absolute Gasteiger partial charge is 0.196 e. The molecule has 2 N–H and O–H groups in total. The van der Waals surface area contributed by atoms with Crippen LogP contribution in [0.2, 0.25) is 5.15 Å². The Morgan fingerprint density at radius 1 is 1.30 bits per heavy atom. The molecule has 7 nitrogen and oxygen atoms in total. The largest absolute Gasteiger partial charge is 0.494 e. The number of anilines is 1. The molecule has 0 radical (unpaired) electrons. The molecule has 0 spiro atoms. The Hall–Kier alpha value is -2.28. The Kier molecular flexibility index (Phi) is 2.37. The lowest BCUT2D eigenvalue weighted by atomic mass is 10.2. The molecule has 0 bridgehead atoms. The first kappa shape index (κ1) is 11.5. The van der Waals surface area contributed by atoms with E-state index in [9.17, 15) is 5.11 Å². The number of rotatable bonds is 1. The third-order valence-electron chi connectivity index (χ3n) is 3.55. The summed E-state index contributed by atoms with van der Waals surface area (Å²) in [5.74, 6) is 1.75. The molecule has 3 aromatic heterocycles. The zero-order chi connectivity index (χ0) is 13.7. The second-order valence-corrected chi connectivity index (χ2v) is 5.12. The van der Waals surface area contributed by atoms with E-state index in [1.165, 1.54) is 0 Å². The van der Waals surface area contributed by atoms with Crippen molar-refractivity contribution in [3.8, 4) is 5.88 Å². The third kappa shape index (κ3) is 1.63. The number of aromatic amines is 1. The number of aromatic hydroxyl groups is 1. The maximum absolute atomic E-state index is 9.80. The summed E-state index contributed by atoms with van der Waals surface area (Å²) in [5, 5.41) is 19.7. The van der Waals surface area contributed by atoms with Gasteiger partial charge < -0.3 is 19.6 Å². The van der Waals surface area contributed by atoms with Crippen LogP contribution in [-0.2, 0) is 13.1 Å². The molecule has 0 fully saturated rings. The molecule has 0 amide bonds. The van der Waals surface area contributed by atoms with Gasteiger partial charge in [0.05, 0.1) is 6.54 Å². The Labute approximate surface area is 118 Å². The molecule has 1 aliphatic rings. The van der Waals surface area contributed by atoms with E-state index in [1.54, 1.807) is 18.6 Å². The number of hydrogen-bond acceptors (Lipinski definition) is 5. The molecule has 20 heavy (non-hydrogen) atoms. The van der Waals surface area contributed by atoms with E-state index in [1.807, 2.05) is 4.57 Å². The molecule has 0 saturated heterocycles. The monoisotopic (exact) mass is 290 g/mol. The van der Waals surface area contributed by atoms with Gasteiger partial charge in [0.15, 0.2) is 11.7 Å². The molecule has 0 saturated carbocycles. The minimum absolute atomic E-state index is 0.103. The lowest BCUT2D eigenvalue weighted by molar-refractivity contribution is 0.462. The number of H-pyrrole nitrogens is 1. The van der Waals surface area contributed by atoms with E-state index in [2.05, 4.69) is 25.1 Å². The first-order valence-electron chi connectivity index (χ1n) is 6.20. The van der Waals surface area contributed by atoms with Gasteiger partial charge >= 0.3 is 0 Å². The van der Waals surface area contributed by atoms with E-state index in [0.717, 1.165) is 30.1 Å². The van der Waals surface area contributed by atoms with Gasteiger partial charge in [-0.15, -0.1) is 10.2 Å². The number of halogens is 1. The Morgan fingerprint density at radius 2 is 2.20 bits per heavy atom. The minimum atomic E-state index is 0.103. The zero-order valence-corrected chi connectivity index (χ0v) is 11.2. The van der Waals surface area contributed by atoms with Crippen molar-refractivity contribution in [3.05, 3.63) is 29.6 Å². The maximum atomic E-state index is 9.80. The van der Waals surface area contributed by atoms with Crippen molar-refractivity contribution in [1.82, 2.24) is 24.7 Å². The van der Waals surface area contributed by atoms with E-state index >= 15 is 0 Å². The summed E-state index contributed by atoms with van der Waals surface area (Å²) in [5.41, 5.74) is 0. The van der Waals surface area contributed by atoms with Gasteiger partial charge in [0.25, 0.3) is 0 Å². The number of nitrogens with zero attached hydrogens (tertiary/aromatic N) is 5. The zero-order valence-electron chi connectivity index (χ0n) is 10.4. The predicted molar refractivity (Wildman–Crippen MR) is 73.8 cm³/mol. The van der Waals surface area contributed by atoms with Crippen LogP contribution in [-0.4, -0.2) is 36.4 Å². The van der Waals surface area contributed by atoms with Crippen LogP contribution in [0.5, 0.6) is 5.88 Å². The molecule has 0 aromatic carbocycles. The first-order chi connectivity index (χ1) is 9.72. The van der Waals surface area contributed by atoms with Crippen LogP contribution in [0, 0.1) is 0 Å². The lowest BCUT2D eigenvalue weighted by Crippen LogP contribution is -2.34. The van der Waals surface area contributed by atoms with E-state index < -0.39 is 0 Å². The van der Waals surface area contributed by atoms with E-state index in [0.29, 0.717) is 17.1 Å². The lowest BCUT2D eigenvalue weighted by Gasteiger charge is -2.28. The Balaban J connectivity index is 1.83. The molecule has 4 rings (SSSR count). The van der Waals surface area contributed by atoms with Crippen molar-refractivity contribution in [2.24, 2.45) is 0 Å². The first-order valence-corrected chi connectivity index (χ1v) is 6.58. The van der Waals surface area contributed by atoms with Gasteiger partial charge in [0.2, 0.25) is 0 Å². The van der Waals surface area contributed by atoms with Gasteiger partial charge in [-0.05, 0) is 6.07 Å². The summed E-state index contributed by atoms with van der Waals surface area (Å²) in [6, 6.07) is 1.65. The van der Waals surface area contributed by atoms with E-state index in [-0.39, 0.29) is 5.88 Å². The fraction of sp³-hybridized carbons (Fsp3) is 0.250. The second kappa shape index (κ2) is 4.11. The normalized spacial score (nSPS) is 14.8. The second-order valence-electron chi connectivity index (χ2n) is 4.73. The molecule has 4 heterocycles. The van der Waals surface area contributed by atoms with Crippen LogP contribution in [0.3, 0.4) is 0 Å². The molecular formula is C12H11ClN6O. The number of pyridine rings is 1. The van der Waals surface area contributed by atoms with Crippen molar-refractivity contribution < 1.29 is 5.11 Å². The summed E-state index contributed by atoms with van der Waals surface area (Å²) in [4.78, 5) is 9.28. The molecule has 0 atom stereocenters. The molecule has 3 aromatic rings. The molecule has 8 heteroatoms. The average Bonchev–Trinajstić information content (AvgIpc) is 3.04. The number of hydrogen-bond donors (Lipinski definition) is 2. The Morgan fingerprint density at radius 3 is 3.10 bits per heavy atom. The van der Waals surface area contributed by atoms with Crippen molar-refractivity contribution in [2.45, 2.75) is 13.1 Å². The van der Waals surface area contributed by atoms with Gasteiger partial charge in [-0.3, -0.25) is 0 Å². The fourth-order valence-corrected chi connectivity index (χ4v) is 2.74. The SMILES string of the molecule is Oc1[nH]cc2c(N3CCn4cnnc4C3)nc(Cl)cc12. The van der Waals surface area contributed by atoms with Gasteiger partial charge in [-0.1, -0.05) is 11.6 Å². The van der Waals surface area contributed by atoms with Crippen molar-refractivity contribution >= 4 is 28.2 Å². The summed E-state index contributed by atoms with van der Waals surface area (Å²) in [7, 11) is 0. The standard InChI is InChI=1S/C12H11ClN6O/c13-9-3-7-8(4-14-12(7)20)11(16-9)18-1-2-19-6-15-17-10(19)5-18/h3-4,6,14,20H,1-2,5H2. The van der Waals surface area contributed by atoms with Gasteiger partial charge in [0.1, 0.15) is 17.3 Å². The van der Waals surface area contributed by atoms with Crippen molar-refractivity contribution in [3.63, 3.8) is 0 Å². The van der Waals surface area contributed by atoms with Gasteiger partial charge in [0, 0.05) is 30.1 Å². The summed E-state index contributed by atoms with van der Waals surface area (Å²) in [6.07, 6.45) is 3.47. The fourth-order valence-electron chi connectivity index (χ4n) is 2.56. The van der Waals surface area contributed by atoms with E-state index in [4.69, 9.17) is 11.6 Å². The van der Waals surface area contributed by atoms with Crippen LogP contribution in [0.15, 0.2) is 18.6 Å². The van der Waals surface area contributed by atoms with Crippen molar-refractivity contribution in [1.29, 1.82) is 0 Å². The molecule has 0 unspecified atom stereocenters. The highest BCUT2D eigenvalue weighted by atomic mass is 35.5. The predicted octanol–water partition coefficient (Wildman–Crippen LogP) is 1.53. The Bertz CT molecular complexity index is 794. The average molecular weight is 291 g/mol. The van der Waals surface area contributed by atoms with Crippen LogP contribution in [0.25, 0.3) is 10.8 Å². The van der Waals surface area contributed by atoms with Crippen LogP contribution in [0.1, 0.15) is 5.82 Å². The topological polar surface area (TPSA) is 82.9 Å². The van der Waals surface area contributed by atoms with Crippen molar-refractivity contribution in [2.75, 3.05) is 11.4 Å². The minimum Gasteiger partial charge on any atom is -0.494 e. The van der Waals surface area contributed by atoms with Crippen LogP contribution >= 0.6 is 11.6 Å². The summed E-state index contributed by atoms with van der Waals surface area (Å²) < 4.78 is 2.02. The molecule has 0 aliphatic carbocycles. The number of nitrogens with one attached hydrogen (secondary N) is 1. The van der Waals surface area contributed by atoms with Gasteiger partial charge in [-0.25, -0.2) is 4.98 Å². The van der Waals surface area contributed by atoms with Gasteiger partial charge in [-0.2, -0.15) is 0 Å². The van der Waals surface area contributed by atoms with Crippen LogP contribution in [0.4, 0.5) is 5.82 Å². The maximum Gasteiger partial charge on any atom is 0.196 e. The van der Waals surface area contributed by atoms with Crippen LogP contribution < -0.4 is 4.90 Å². The highest BCUT2D eigenvalue weighted by Gasteiger charge is 2.22. The third-order valence-corrected chi connectivity index (χ3v) is 3.75. The molecular weight excluding hydrogens is 280 g/mol. The molecule has 102 valence electrons. The summed E-state index contributed by atoms with van der Waals surface area (Å²) >= 11 is 6.06. The molecule has 1 aliphatic heterocycles. The number of aromatic nitrogens is 5. The number of fused-ring (bicyclic) bond motifs is 2.